The number of hydrogen-bond donors (Lipinski definition) is 1. The Labute approximate surface area is 118 Å². The molecule has 2 nitrogen and oxygen atoms in total. The Bertz CT molecular complexity index is 402. The molecular weight excluding hydrogens is 234 g/mol. The average Bonchev–Trinajstić information content (AvgIpc) is 2.67. The van der Waals surface area contributed by atoms with E-state index in [1.807, 2.05) is 0 Å². The summed E-state index contributed by atoms with van der Waals surface area (Å²) in [6, 6.07) is 0.498. The molecule has 1 atom stereocenters. The second kappa shape index (κ2) is 6.60. The second-order valence-corrected chi connectivity index (χ2v) is 6.08. The molecule has 1 fully saturated rings. The number of furan rings is 1. The van der Waals surface area contributed by atoms with E-state index in [1.165, 1.54) is 49.7 Å². The molecule has 1 aliphatic rings. The van der Waals surface area contributed by atoms with Crippen molar-refractivity contribution in [3.05, 3.63) is 22.6 Å². The lowest BCUT2D eigenvalue weighted by Gasteiger charge is -2.31. The van der Waals surface area contributed by atoms with Crippen molar-refractivity contribution in [2.45, 2.75) is 72.3 Å². The third kappa shape index (κ3) is 3.22. The normalized spacial score (nSPS) is 18.7. The molecule has 108 valence electrons. The van der Waals surface area contributed by atoms with Gasteiger partial charge in [0.15, 0.2) is 0 Å². The first kappa shape index (κ1) is 14.6. The summed E-state index contributed by atoms with van der Waals surface area (Å²) in [5.74, 6) is 3.00. The summed E-state index contributed by atoms with van der Waals surface area (Å²) in [5, 5.41) is 3.79. The lowest BCUT2D eigenvalue weighted by Crippen LogP contribution is -2.31. The van der Waals surface area contributed by atoms with Gasteiger partial charge in [0.25, 0.3) is 0 Å². The standard InChI is InChI=1S/C17H29NO/c1-5-11-18-17(15-9-7-6-8-10-15)16-12(2)13(3)19-14(16)4/h15,17-18H,5-11H2,1-4H3. The summed E-state index contributed by atoms with van der Waals surface area (Å²) >= 11 is 0. The fraction of sp³-hybridized carbons (Fsp3) is 0.765. The van der Waals surface area contributed by atoms with Crippen LogP contribution in [0.4, 0.5) is 0 Å². The molecule has 1 aromatic rings. The van der Waals surface area contributed by atoms with Gasteiger partial charge in [0.05, 0.1) is 0 Å². The van der Waals surface area contributed by atoms with Gasteiger partial charge in [-0.1, -0.05) is 26.2 Å². The van der Waals surface area contributed by atoms with Crippen LogP contribution in [0.2, 0.25) is 0 Å². The third-order valence-electron chi connectivity index (χ3n) is 4.66. The highest BCUT2D eigenvalue weighted by Crippen LogP contribution is 2.38. The molecule has 1 aromatic heterocycles. The fourth-order valence-electron chi connectivity index (χ4n) is 3.54. The Hall–Kier alpha value is -0.760. The highest BCUT2D eigenvalue weighted by molar-refractivity contribution is 5.34. The van der Waals surface area contributed by atoms with Crippen molar-refractivity contribution in [2.24, 2.45) is 5.92 Å². The number of hydrogen-bond acceptors (Lipinski definition) is 2. The van der Waals surface area contributed by atoms with Crippen LogP contribution in [0.3, 0.4) is 0 Å². The van der Waals surface area contributed by atoms with Crippen molar-refractivity contribution in [1.82, 2.24) is 5.32 Å². The minimum Gasteiger partial charge on any atom is -0.466 e. The van der Waals surface area contributed by atoms with Crippen LogP contribution in [0, 0.1) is 26.7 Å². The Morgan fingerprint density at radius 3 is 2.32 bits per heavy atom. The lowest BCUT2D eigenvalue weighted by atomic mass is 9.80. The van der Waals surface area contributed by atoms with Crippen LogP contribution in [0.5, 0.6) is 0 Å². The Morgan fingerprint density at radius 2 is 1.79 bits per heavy atom. The van der Waals surface area contributed by atoms with Crippen LogP contribution in [0.1, 0.15) is 74.1 Å². The zero-order valence-electron chi connectivity index (χ0n) is 13.0. The van der Waals surface area contributed by atoms with E-state index < -0.39 is 0 Å². The third-order valence-corrected chi connectivity index (χ3v) is 4.66. The van der Waals surface area contributed by atoms with Gasteiger partial charge >= 0.3 is 0 Å². The highest BCUT2D eigenvalue weighted by Gasteiger charge is 2.29. The topological polar surface area (TPSA) is 25.2 Å². The smallest absolute Gasteiger partial charge is 0.106 e. The lowest BCUT2D eigenvalue weighted by molar-refractivity contribution is 0.269. The van der Waals surface area contributed by atoms with Gasteiger partial charge in [0.1, 0.15) is 11.5 Å². The second-order valence-electron chi connectivity index (χ2n) is 6.08. The van der Waals surface area contributed by atoms with E-state index in [1.54, 1.807) is 0 Å². The predicted octanol–water partition coefficient (Wildman–Crippen LogP) is 4.83. The molecule has 0 amide bonds. The zero-order chi connectivity index (χ0) is 13.8. The van der Waals surface area contributed by atoms with E-state index in [0.29, 0.717) is 6.04 Å². The Balaban J connectivity index is 2.25. The molecule has 1 heterocycles. The molecular formula is C17H29NO. The molecule has 0 aromatic carbocycles. The number of nitrogens with one attached hydrogen (secondary N) is 1. The highest BCUT2D eigenvalue weighted by atomic mass is 16.3. The summed E-state index contributed by atoms with van der Waals surface area (Å²) in [6.07, 6.45) is 8.13. The van der Waals surface area contributed by atoms with Gasteiger partial charge in [-0.05, 0) is 58.1 Å². The van der Waals surface area contributed by atoms with Crippen LogP contribution in [-0.2, 0) is 0 Å². The van der Waals surface area contributed by atoms with Crippen molar-refractivity contribution >= 4 is 0 Å². The number of rotatable bonds is 5. The van der Waals surface area contributed by atoms with Crippen LogP contribution in [-0.4, -0.2) is 6.54 Å². The molecule has 1 unspecified atom stereocenters. The van der Waals surface area contributed by atoms with Crippen LogP contribution in [0.15, 0.2) is 4.42 Å². The van der Waals surface area contributed by atoms with E-state index in [-0.39, 0.29) is 0 Å². The summed E-state index contributed by atoms with van der Waals surface area (Å²) in [6.45, 7) is 9.77. The predicted molar refractivity (Wildman–Crippen MR) is 80.5 cm³/mol. The zero-order valence-corrected chi connectivity index (χ0v) is 13.0. The maximum atomic E-state index is 5.86. The fourth-order valence-corrected chi connectivity index (χ4v) is 3.54. The van der Waals surface area contributed by atoms with Crippen LogP contribution in [0.25, 0.3) is 0 Å². The maximum Gasteiger partial charge on any atom is 0.106 e. The van der Waals surface area contributed by atoms with Gasteiger partial charge in [0, 0.05) is 11.6 Å². The molecule has 19 heavy (non-hydrogen) atoms. The summed E-state index contributed by atoms with van der Waals surface area (Å²) < 4.78 is 5.86. The monoisotopic (exact) mass is 263 g/mol. The molecule has 0 saturated heterocycles. The van der Waals surface area contributed by atoms with Gasteiger partial charge in [-0.2, -0.15) is 0 Å². The van der Waals surface area contributed by atoms with Crippen molar-refractivity contribution in [3.8, 4) is 0 Å². The van der Waals surface area contributed by atoms with E-state index in [9.17, 15) is 0 Å². The molecule has 1 aliphatic carbocycles. The van der Waals surface area contributed by atoms with Gasteiger partial charge in [-0.15, -0.1) is 0 Å². The maximum absolute atomic E-state index is 5.86. The summed E-state index contributed by atoms with van der Waals surface area (Å²) in [5.41, 5.74) is 2.80. The Kier molecular flexibility index (Phi) is 5.09. The molecule has 2 rings (SSSR count). The van der Waals surface area contributed by atoms with Gasteiger partial charge in [-0.25, -0.2) is 0 Å². The van der Waals surface area contributed by atoms with E-state index in [4.69, 9.17) is 4.42 Å². The quantitative estimate of drug-likeness (QED) is 0.823. The van der Waals surface area contributed by atoms with E-state index in [2.05, 4.69) is 33.0 Å². The van der Waals surface area contributed by atoms with Gasteiger partial charge in [0.2, 0.25) is 0 Å². The van der Waals surface area contributed by atoms with Crippen LogP contribution < -0.4 is 5.32 Å². The van der Waals surface area contributed by atoms with E-state index in [0.717, 1.165) is 24.0 Å². The molecule has 0 aliphatic heterocycles. The van der Waals surface area contributed by atoms with Crippen molar-refractivity contribution < 1.29 is 4.42 Å². The van der Waals surface area contributed by atoms with Crippen LogP contribution >= 0.6 is 0 Å². The Morgan fingerprint density at radius 1 is 1.11 bits per heavy atom. The molecule has 0 bridgehead atoms. The molecule has 1 saturated carbocycles. The van der Waals surface area contributed by atoms with Gasteiger partial charge < -0.3 is 9.73 Å². The molecule has 2 heteroatoms. The summed E-state index contributed by atoms with van der Waals surface area (Å²) in [4.78, 5) is 0. The van der Waals surface area contributed by atoms with Gasteiger partial charge in [-0.3, -0.25) is 0 Å². The number of aryl methyl sites for hydroxylation is 2. The molecule has 1 N–H and O–H groups in total. The first-order valence-corrected chi connectivity index (χ1v) is 7.95. The first-order chi connectivity index (χ1) is 9.15. The minimum atomic E-state index is 0.498. The minimum absolute atomic E-state index is 0.498. The first-order valence-electron chi connectivity index (χ1n) is 7.95. The molecule has 0 spiro atoms. The SMILES string of the molecule is CCCNC(c1c(C)oc(C)c1C)C1CCCCC1. The van der Waals surface area contributed by atoms with Crippen molar-refractivity contribution in [2.75, 3.05) is 6.54 Å². The average molecular weight is 263 g/mol. The summed E-state index contributed by atoms with van der Waals surface area (Å²) in [7, 11) is 0. The largest absolute Gasteiger partial charge is 0.466 e. The molecule has 0 radical (unpaired) electrons. The van der Waals surface area contributed by atoms with Crippen molar-refractivity contribution in [3.63, 3.8) is 0 Å². The van der Waals surface area contributed by atoms with E-state index >= 15 is 0 Å². The van der Waals surface area contributed by atoms with Crippen molar-refractivity contribution in [1.29, 1.82) is 0 Å².